The van der Waals surface area contributed by atoms with Gasteiger partial charge in [-0.2, -0.15) is 0 Å². The fourth-order valence-corrected chi connectivity index (χ4v) is 2.44. The number of esters is 1. The Labute approximate surface area is 167 Å². The third kappa shape index (κ3) is 5.29. The molecule has 1 aromatic heterocycles. The zero-order valence-corrected chi connectivity index (χ0v) is 16.0. The first kappa shape index (κ1) is 19.8. The van der Waals surface area contributed by atoms with Gasteiger partial charge in [0.1, 0.15) is 5.75 Å². The smallest absolute Gasteiger partial charge is 0.338 e. The average molecular weight is 392 g/mol. The summed E-state index contributed by atoms with van der Waals surface area (Å²) in [5.41, 5.74) is 1.93. The molecule has 2 N–H and O–H groups in total. The molecule has 8 heteroatoms. The Morgan fingerprint density at radius 2 is 1.59 bits per heavy atom. The van der Waals surface area contributed by atoms with Gasteiger partial charge in [-0.3, -0.25) is 4.79 Å². The summed E-state index contributed by atoms with van der Waals surface area (Å²) in [7, 11) is 1.60. The quantitative estimate of drug-likeness (QED) is 0.592. The van der Waals surface area contributed by atoms with Crippen LogP contribution in [0.5, 0.6) is 5.75 Å². The molecule has 148 valence electrons. The highest BCUT2D eigenvalue weighted by Crippen LogP contribution is 2.18. The van der Waals surface area contributed by atoms with Gasteiger partial charge >= 0.3 is 5.97 Å². The monoisotopic (exact) mass is 392 g/mol. The van der Waals surface area contributed by atoms with E-state index in [2.05, 4.69) is 20.8 Å². The number of carbonyl (C=O) groups excluding carboxylic acids is 2. The lowest BCUT2D eigenvalue weighted by molar-refractivity contribution is 0.0526. The maximum atomic E-state index is 12.3. The fraction of sp³-hybridized carbons (Fsp3) is 0.143. The van der Waals surface area contributed by atoms with Gasteiger partial charge in [0.15, 0.2) is 11.5 Å². The summed E-state index contributed by atoms with van der Waals surface area (Å²) in [6.45, 7) is 2.05. The van der Waals surface area contributed by atoms with Crippen LogP contribution in [0.3, 0.4) is 0 Å². The zero-order valence-electron chi connectivity index (χ0n) is 16.0. The molecule has 3 rings (SSSR count). The third-order valence-electron chi connectivity index (χ3n) is 3.91. The number of anilines is 3. The molecular weight excluding hydrogens is 372 g/mol. The number of hydrogen-bond acceptors (Lipinski definition) is 7. The summed E-state index contributed by atoms with van der Waals surface area (Å²) >= 11 is 0. The molecule has 0 aliphatic rings. The van der Waals surface area contributed by atoms with E-state index in [1.165, 1.54) is 0 Å². The van der Waals surface area contributed by atoms with Crippen molar-refractivity contribution in [2.24, 2.45) is 0 Å². The van der Waals surface area contributed by atoms with Gasteiger partial charge in [0.2, 0.25) is 0 Å². The number of nitrogens with zero attached hydrogens (tertiary/aromatic N) is 2. The van der Waals surface area contributed by atoms with Gasteiger partial charge in [-0.15, -0.1) is 10.2 Å². The Kier molecular flexibility index (Phi) is 6.36. The molecule has 0 fully saturated rings. The molecule has 0 saturated carbocycles. The number of amides is 1. The minimum absolute atomic E-state index is 0.166. The number of rotatable bonds is 7. The second-order valence-electron chi connectivity index (χ2n) is 5.91. The summed E-state index contributed by atoms with van der Waals surface area (Å²) in [5.74, 6) is 0.447. The standard InChI is InChI=1S/C21H20N4O4/c1-3-29-21(27)14-4-6-16(7-5-14)23-20(26)18-12-13-19(25-24-18)22-15-8-10-17(28-2)11-9-15/h4-13H,3H2,1-2H3,(H,22,25)(H,23,26). The Hall–Kier alpha value is -3.94. The van der Waals surface area contributed by atoms with Crippen LogP contribution in [0.25, 0.3) is 0 Å². The Morgan fingerprint density at radius 3 is 2.17 bits per heavy atom. The highest BCUT2D eigenvalue weighted by molar-refractivity contribution is 6.03. The number of aromatic nitrogens is 2. The largest absolute Gasteiger partial charge is 0.497 e. The van der Waals surface area contributed by atoms with Gasteiger partial charge in [0, 0.05) is 11.4 Å². The van der Waals surface area contributed by atoms with Gasteiger partial charge in [0.05, 0.1) is 19.3 Å². The molecule has 0 bridgehead atoms. The summed E-state index contributed by atoms with van der Waals surface area (Å²) in [5, 5.41) is 13.8. The van der Waals surface area contributed by atoms with Gasteiger partial charge < -0.3 is 20.1 Å². The van der Waals surface area contributed by atoms with E-state index in [0.29, 0.717) is 23.7 Å². The SMILES string of the molecule is CCOC(=O)c1ccc(NC(=O)c2ccc(Nc3ccc(OC)cc3)nn2)cc1. The van der Waals surface area contributed by atoms with E-state index in [1.54, 1.807) is 50.4 Å². The van der Waals surface area contributed by atoms with Crippen molar-refractivity contribution in [1.29, 1.82) is 0 Å². The molecule has 3 aromatic rings. The maximum Gasteiger partial charge on any atom is 0.338 e. The lowest BCUT2D eigenvalue weighted by Gasteiger charge is -2.08. The van der Waals surface area contributed by atoms with Gasteiger partial charge in [-0.25, -0.2) is 4.79 Å². The minimum atomic E-state index is -0.406. The lowest BCUT2D eigenvalue weighted by Crippen LogP contribution is -2.14. The van der Waals surface area contributed by atoms with Crippen LogP contribution in [0.15, 0.2) is 60.7 Å². The molecule has 0 aliphatic heterocycles. The molecule has 0 spiro atoms. The van der Waals surface area contributed by atoms with Gasteiger partial charge in [-0.1, -0.05) is 0 Å². The lowest BCUT2D eigenvalue weighted by atomic mass is 10.2. The number of methoxy groups -OCH3 is 1. The van der Waals surface area contributed by atoms with Gasteiger partial charge in [0.25, 0.3) is 5.91 Å². The number of carbonyl (C=O) groups is 2. The highest BCUT2D eigenvalue weighted by atomic mass is 16.5. The first-order valence-corrected chi connectivity index (χ1v) is 8.92. The van der Waals surface area contributed by atoms with Gasteiger partial charge in [-0.05, 0) is 67.6 Å². The molecule has 0 unspecified atom stereocenters. The summed E-state index contributed by atoms with van der Waals surface area (Å²) < 4.78 is 10.0. The van der Waals surface area contributed by atoms with E-state index in [1.807, 2.05) is 24.3 Å². The van der Waals surface area contributed by atoms with E-state index < -0.39 is 11.9 Å². The van der Waals surface area contributed by atoms with Crippen LogP contribution >= 0.6 is 0 Å². The van der Waals surface area contributed by atoms with Crippen LogP contribution in [0.2, 0.25) is 0 Å². The summed E-state index contributed by atoms with van der Waals surface area (Å²) in [6, 6.07) is 17.0. The molecule has 1 heterocycles. The highest BCUT2D eigenvalue weighted by Gasteiger charge is 2.10. The molecule has 0 aliphatic carbocycles. The van der Waals surface area contributed by atoms with Crippen LogP contribution in [-0.2, 0) is 4.74 Å². The van der Waals surface area contributed by atoms with Crippen LogP contribution < -0.4 is 15.4 Å². The number of ether oxygens (including phenoxy) is 2. The molecule has 0 saturated heterocycles. The van der Waals surface area contributed by atoms with Crippen molar-refractivity contribution in [1.82, 2.24) is 10.2 Å². The molecule has 29 heavy (non-hydrogen) atoms. The summed E-state index contributed by atoms with van der Waals surface area (Å²) in [4.78, 5) is 24.0. The van der Waals surface area contributed by atoms with E-state index in [0.717, 1.165) is 11.4 Å². The van der Waals surface area contributed by atoms with E-state index in [9.17, 15) is 9.59 Å². The third-order valence-corrected chi connectivity index (χ3v) is 3.91. The molecular formula is C21H20N4O4. The Morgan fingerprint density at radius 1 is 0.897 bits per heavy atom. The predicted molar refractivity (Wildman–Crippen MR) is 109 cm³/mol. The first-order valence-electron chi connectivity index (χ1n) is 8.92. The van der Waals surface area contributed by atoms with Crippen LogP contribution in [0.4, 0.5) is 17.2 Å². The predicted octanol–water partition coefficient (Wildman–Crippen LogP) is 3.66. The maximum absolute atomic E-state index is 12.3. The second kappa shape index (κ2) is 9.32. The van der Waals surface area contributed by atoms with E-state index >= 15 is 0 Å². The zero-order chi connectivity index (χ0) is 20.6. The van der Waals surface area contributed by atoms with Crippen molar-refractivity contribution in [2.45, 2.75) is 6.92 Å². The fourth-order valence-electron chi connectivity index (χ4n) is 2.44. The van der Waals surface area contributed by atoms with Crippen LogP contribution in [0.1, 0.15) is 27.8 Å². The molecule has 1 amide bonds. The van der Waals surface area contributed by atoms with Crippen LogP contribution in [-0.4, -0.2) is 35.8 Å². The van der Waals surface area contributed by atoms with Crippen LogP contribution in [0, 0.1) is 0 Å². The van der Waals surface area contributed by atoms with Crippen molar-refractivity contribution in [2.75, 3.05) is 24.4 Å². The molecule has 0 atom stereocenters. The molecule has 8 nitrogen and oxygen atoms in total. The second-order valence-corrected chi connectivity index (χ2v) is 5.91. The van der Waals surface area contributed by atoms with Crippen molar-refractivity contribution in [3.05, 3.63) is 71.9 Å². The molecule has 0 radical (unpaired) electrons. The first-order chi connectivity index (χ1) is 14.1. The number of hydrogen-bond donors (Lipinski definition) is 2. The summed E-state index contributed by atoms with van der Waals surface area (Å²) in [6.07, 6.45) is 0. The van der Waals surface area contributed by atoms with Crippen molar-refractivity contribution in [3.63, 3.8) is 0 Å². The normalized spacial score (nSPS) is 10.1. The van der Waals surface area contributed by atoms with E-state index in [4.69, 9.17) is 9.47 Å². The topological polar surface area (TPSA) is 102 Å². The number of benzene rings is 2. The van der Waals surface area contributed by atoms with Crippen molar-refractivity contribution in [3.8, 4) is 5.75 Å². The Balaban J connectivity index is 1.60. The minimum Gasteiger partial charge on any atom is -0.497 e. The molecule has 2 aromatic carbocycles. The average Bonchev–Trinajstić information content (AvgIpc) is 2.75. The van der Waals surface area contributed by atoms with E-state index in [-0.39, 0.29) is 5.69 Å². The van der Waals surface area contributed by atoms with Crippen molar-refractivity contribution < 1.29 is 19.1 Å². The number of nitrogens with one attached hydrogen (secondary N) is 2. The van der Waals surface area contributed by atoms with Crippen molar-refractivity contribution >= 4 is 29.1 Å². The Bertz CT molecular complexity index is 971.